The van der Waals surface area contributed by atoms with Gasteiger partial charge in [-0.25, -0.2) is 0 Å². The van der Waals surface area contributed by atoms with E-state index in [4.69, 9.17) is 14.2 Å². The number of carbonyl (C=O) groups is 1. The van der Waals surface area contributed by atoms with Crippen molar-refractivity contribution in [2.24, 2.45) is 5.92 Å². The van der Waals surface area contributed by atoms with Crippen LogP contribution in [-0.2, 0) is 28.9 Å². The van der Waals surface area contributed by atoms with E-state index in [-0.39, 0.29) is 18.1 Å². The Balaban J connectivity index is 1.53. The van der Waals surface area contributed by atoms with E-state index in [0.717, 1.165) is 25.0 Å². The van der Waals surface area contributed by atoms with E-state index in [9.17, 15) is 9.59 Å². The molecule has 0 bridgehead atoms. The zero-order valence-corrected chi connectivity index (χ0v) is 18.8. The van der Waals surface area contributed by atoms with Crippen LogP contribution in [0.3, 0.4) is 0 Å². The molecule has 0 atom stereocenters. The van der Waals surface area contributed by atoms with E-state index < -0.39 is 0 Å². The topological polar surface area (TPSA) is 70.0 Å². The highest BCUT2D eigenvalue weighted by atomic mass is 16.5. The Labute approximate surface area is 188 Å². The van der Waals surface area contributed by atoms with Gasteiger partial charge >= 0.3 is 0 Å². The van der Waals surface area contributed by atoms with E-state index >= 15 is 0 Å². The summed E-state index contributed by atoms with van der Waals surface area (Å²) in [5, 5.41) is 0. The molecule has 2 aromatic rings. The van der Waals surface area contributed by atoms with Crippen molar-refractivity contribution in [3.63, 3.8) is 0 Å². The lowest BCUT2D eigenvalue weighted by Gasteiger charge is -2.33. The van der Waals surface area contributed by atoms with E-state index in [2.05, 4.69) is 24.3 Å². The molecule has 0 spiro atoms. The van der Waals surface area contributed by atoms with Crippen LogP contribution in [0.15, 0.2) is 41.2 Å². The van der Waals surface area contributed by atoms with E-state index in [1.165, 1.54) is 11.6 Å². The normalized spacial score (nSPS) is 17.0. The first-order chi connectivity index (χ1) is 15.7. The van der Waals surface area contributed by atoms with Crippen LogP contribution in [0, 0.1) is 5.92 Å². The Morgan fingerprint density at radius 1 is 1.09 bits per heavy atom. The monoisotopic (exact) mass is 440 g/mol. The first kappa shape index (κ1) is 22.6. The molecule has 0 unspecified atom stereocenters. The van der Waals surface area contributed by atoms with Gasteiger partial charge in [-0.3, -0.25) is 9.59 Å². The zero-order valence-electron chi connectivity index (χ0n) is 18.8. The maximum Gasteiger partial charge on any atom is 0.259 e. The smallest absolute Gasteiger partial charge is 0.259 e. The molecule has 1 amide bonds. The van der Waals surface area contributed by atoms with Crippen molar-refractivity contribution < 1.29 is 19.0 Å². The third-order valence-electron chi connectivity index (χ3n) is 6.35. The van der Waals surface area contributed by atoms with Crippen molar-refractivity contribution in [2.75, 3.05) is 46.6 Å². The number of ether oxygens (including phenoxy) is 3. The molecule has 2 aliphatic heterocycles. The molecule has 0 N–H and O–H groups in total. The van der Waals surface area contributed by atoms with Gasteiger partial charge < -0.3 is 23.7 Å². The fourth-order valence-electron chi connectivity index (χ4n) is 4.63. The van der Waals surface area contributed by atoms with Gasteiger partial charge in [0.1, 0.15) is 17.9 Å². The van der Waals surface area contributed by atoms with Crippen LogP contribution < -0.4 is 10.3 Å². The molecule has 172 valence electrons. The standard InChI is InChI=1S/C25H32N2O5/c1-30-15-16-32-22-18-23(28)27-12-14-31-13-9-21(27)24(22)25(29)26-10-7-20(8-11-26)17-19-5-3-2-4-6-19/h2-6,18,20H,7-17H2,1H3. The fourth-order valence-corrected chi connectivity index (χ4v) is 4.63. The van der Waals surface area contributed by atoms with Gasteiger partial charge in [-0.05, 0) is 30.7 Å². The molecule has 1 aromatic carbocycles. The number of fused-ring (bicyclic) bond motifs is 1. The number of piperidine rings is 1. The van der Waals surface area contributed by atoms with E-state index in [1.807, 2.05) is 11.0 Å². The fraction of sp³-hybridized carbons (Fsp3) is 0.520. The third kappa shape index (κ3) is 5.22. The molecule has 1 fully saturated rings. The summed E-state index contributed by atoms with van der Waals surface area (Å²) in [7, 11) is 1.60. The number of benzene rings is 1. The highest BCUT2D eigenvalue weighted by Gasteiger charge is 2.30. The molecule has 1 aromatic heterocycles. The SMILES string of the molecule is COCCOc1cc(=O)n2c(c1C(=O)N1CCC(Cc3ccccc3)CC1)CCOCC2. The first-order valence-corrected chi connectivity index (χ1v) is 11.5. The van der Waals surface area contributed by atoms with Crippen LogP contribution in [-0.4, -0.2) is 62.0 Å². The number of hydrogen-bond donors (Lipinski definition) is 0. The van der Waals surface area contributed by atoms with Crippen molar-refractivity contribution in [3.05, 3.63) is 63.6 Å². The first-order valence-electron chi connectivity index (χ1n) is 11.5. The van der Waals surface area contributed by atoms with Crippen LogP contribution >= 0.6 is 0 Å². The quantitative estimate of drug-likeness (QED) is 0.619. The Kier molecular flexibility index (Phi) is 7.60. The van der Waals surface area contributed by atoms with Crippen LogP contribution in [0.5, 0.6) is 5.75 Å². The molecule has 3 heterocycles. The number of nitrogens with zero attached hydrogens (tertiary/aromatic N) is 2. The number of amides is 1. The summed E-state index contributed by atoms with van der Waals surface area (Å²) < 4.78 is 18.2. The maximum absolute atomic E-state index is 13.7. The van der Waals surface area contributed by atoms with Gasteiger partial charge in [-0.15, -0.1) is 0 Å². The number of rotatable bonds is 7. The van der Waals surface area contributed by atoms with Crippen molar-refractivity contribution in [3.8, 4) is 5.75 Å². The molecular weight excluding hydrogens is 408 g/mol. The Hall–Kier alpha value is -2.64. The molecule has 7 heteroatoms. The highest BCUT2D eigenvalue weighted by Crippen LogP contribution is 2.28. The van der Waals surface area contributed by atoms with Crippen molar-refractivity contribution in [1.82, 2.24) is 9.47 Å². The van der Waals surface area contributed by atoms with Gasteiger partial charge in [0.25, 0.3) is 11.5 Å². The van der Waals surface area contributed by atoms with Crippen molar-refractivity contribution in [1.29, 1.82) is 0 Å². The molecule has 4 rings (SSSR count). The van der Waals surface area contributed by atoms with Crippen LogP contribution in [0.2, 0.25) is 0 Å². The number of pyridine rings is 1. The summed E-state index contributed by atoms with van der Waals surface area (Å²) >= 11 is 0. The highest BCUT2D eigenvalue weighted by molar-refractivity contribution is 5.98. The number of aromatic nitrogens is 1. The predicted molar refractivity (Wildman–Crippen MR) is 121 cm³/mol. The molecule has 0 radical (unpaired) electrons. The average Bonchev–Trinajstić information content (AvgIpc) is 3.07. The van der Waals surface area contributed by atoms with E-state index in [0.29, 0.717) is 63.1 Å². The van der Waals surface area contributed by atoms with Gasteiger partial charge in [-0.1, -0.05) is 30.3 Å². The molecule has 0 saturated carbocycles. The molecule has 1 saturated heterocycles. The maximum atomic E-state index is 13.7. The minimum Gasteiger partial charge on any atom is -0.490 e. The number of carbonyl (C=O) groups excluding carboxylic acids is 1. The molecule has 7 nitrogen and oxygen atoms in total. The molecular formula is C25H32N2O5. The lowest BCUT2D eigenvalue weighted by molar-refractivity contribution is 0.0681. The number of methoxy groups -OCH3 is 1. The summed E-state index contributed by atoms with van der Waals surface area (Å²) in [5.74, 6) is 0.876. The van der Waals surface area contributed by atoms with Gasteiger partial charge in [0.05, 0.1) is 19.8 Å². The second kappa shape index (κ2) is 10.8. The van der Waals surface area contributed by atoms with Gasteiger partial charge in [0.2, 0.25) is 0 Å². The Morgan fingerprint density at radius 3 is 2.62 bits per heavy atom. The van der Waals surface area contributed by atoms with Gasteiger partial charge in [0.15, 0.2) is 0 Å². The largest absolute Gasteiger partial charge is 0.490 e. The van der Waals surface area contributed by atoms with Crippen LogP contribution in [0.4, 0.5) is 0 Å². The van der Waals surface area contributed by atoms with Gasteiger partial charge in [0, 0.05) is 44.9 Å². The number of likely N-dealkylation sites (tertiary alicyclic amines) is 1. The van der Waals surface area contributed by atoms with Gasteiger partial charge in [-0.2, -0.15) is 0 Å². The lowest BCUT2D eigenvalue weighted by atomic mass is 9.90. The zero-order chi connectivity index (χ0) is 22.3. The Bertz CT molecular complexity index is 964. The second-order valence-corrected chi connectivity index (χ2v) is 8.45. The molecule has 2 aliphatic rings. The van der Waals surface area contributed by atoms with Crippen LogP contribution in [0.25, 0.3) is 0 Å². The van der Waals surface area contributed by atoms with Crippen molar-refractivity contribution >= 4 is 5.91 Å². The summed E-state index contributed by atoms with van der Waals surface area (Å²) in [4.78, 5) is 28.3. The summed E-state index contributed by atoms with van der Waals surface area (Å²) in [6, 6.07) is 12.0. The molecule has 32 heavy (non-hydrogen) atoms. The van der Waals surface area contributed by atoms with E-state index in [1.54, 1.807) is 11.7 Å². The third-order valence-corrected chi connectivity index (χ3v) is 6.35. The summed E-state index contributed by atoms with van der Waals surface area (Å²) in [6.45, 7) is 3.50. The average molecular weight is 441 g/mol. The summed E-state index contributed by atoms with van der Waals surface area (Å²) in [5.41, 5.74) is 2.42. The summed E-state index contributed by atoms with van der Waals surface area (Å²) in [6.07, 6.45) is 3.50. The lowest BCUT2D eigenvalue weighted by Crippen LogP contribution is -2.40. The second-order valence-electron chi connectivity index (χ2n) is 8.45. The van der Waals surface area contributed by atoms with Crippen molar-refractivity contribution in [2.45, 2.75) is 32.2 Å². The predicted octanol–water partition coefficient (Wildman–Crippen LogP) is 2.54. The Morgan fingerprint density at radius 2 is 1.88 bits per heavy atom. The minimum atomic E-state index is -0.156. The number of hydrogen-bond acceptors (Lipinski definition) is 5. The minimum absolute atomic E-state index is 0.0544. The van der Waals surface area contributed by atoms with Crippen LogP contribution in [0.1, 0.15) is 34.5 Å². The molecule has 0 aliphatic carbocycles.